The van der Waals surface area contributed by atoms with Gasteiger partial charge in [-0.15, -0.1) is 10.2 Å². The van der Waals surface area contributed by atoms with E-state index in [4.69, 9.17) is 4.74 Å². The Morgan fingerprint density at radius 3 is 2.14 bits per heavy atom. The van der Waals surface area contributed by atoms with Gasteiger partial charge in [-0.1, -0.05) is 12.1 Å². The molecule has 4 fully saturated rings. The zero-order chi connectivity index (χ0) is 29.3. The number of nitrogens with zero attached hydrogens (tertiary/aromatic N) is 6. The Balaban J connectivity index is 0.887. The maximum Gasteiger partial charge on any atom is 0.308 e. The Labute approximate surface area is 255 Å². The molecule has 3 saturated heterocycles. The molecule has 2 N–H and O–H groups in total. The summed E-state index contributed by atoms with van der Waals surface area (Å²) in [6.07, 6.45) is 9.31. The van der Waals surface area contributed by atoms with E-state index in [2.05, 4.69) is 41.2 Å². The first-order valence-corrected chi connectivity index (χ1v) is 16.5. The SMILES string of the molecule is COC(=O)[C@H]1CC[C@@H](N2CCC(N3CCC(N4CCN5c6cc(-c7ccccc7O)nnc6NC[C@H]5C4)CC3)CC2)CC1. The maximum absolute atomic E-state index is 11.9. The van der Waals surface area contributed by atoms with Gasteiger partial charge in [0, 0.05) is 49.9 Å². The molecule has 0 radical (unpaired) electrons. The van der Waals surface area contributed by atoms with Crippen molar-refractivity contribution in [3.63, 3.8) is 0 Å². The molecule has 1 aromatic heterocycles. The number of fused-ring (bicyclic) bond motifs is 3. The molecule has 1 saturated carbocycles. The number of piperidine rings is 2. The van der Waals surface area contributed by atoms with E-state index < -0.39 is 0 Å². The van der Waals surface area contributed by atoms with E-state index in [-0.39, 0.29) is 17.6 Å². The quantitative estimate of drug-likeness (QED) is 0.505. The molecule has 1 aliphatic carbocycles. The van der Waals surface area contributed by atoms with Gasteiger partial charge < -0.3 is 29.9 Å². The highest BCUT2D eigenvalue weighted by Gasteiger charge is 2.38. The Morgan fingerprint density at radius 2 is 1.47 bits per heavy atom. The summed E-state index contributed by atoms with van der Waals surface area (Å²) in [7, 11) is 1.51. The lowest BCUT2D eigenvalue weighted by Gasteiger charge is -2.50. The predicted molar refractivity (Wildman–Crippen MR) is 167 cm³/mol. The maximum atomic E-state index is 11.9. The van der Waals surface area contributed by atoms with Crippen molar-refractivity contribution < 1.29 is 14.6 Å². The molecule has 10 nitrogen and oxygen atoms in total. The van der Waals surface area contributed by atoms with E-state index in [1.54, 1.807) is 6.07 Å². The second-order valence-electron chi connectivity index (χ2n) is 13.3. The number of aromatic hydroxyl groups is 1. The van der Waals surface area contributed by atoms with E-state index >= 15 is 0 Å². The van der Waals surface area contributed by atoms with Crippen molar-refractivity contribution in [1.82, 2.24) is 24.9 Å². The third kappa shape index (κ3) is 5.93. The molecule has 2 aromatic rings. The zero-order valence-corrected chi connectivity index (χ0v) is 25.5. The van der Waals surface area contributed by atoms with Crippen molar-refractivity contribution in [3.8, 4) is 17.0 Å². The Bertz CT molecular complexity index is 1270. The van der Waals surface area contributed by atoms with Gasteiger partial charge in [0.25, 0.3) is 0 Å². The van der Waals surface area contributed by atoms with Crippen LogP contribution in [0.1, 0.15) is 51.4 Å². The first-order chi connectivity index (χ1) is 21.1. The number of likely N-dealkylation sites (tertiary alicyclic amines) is 2. The van der Waals surface area contributed by atoms with Crippen LogP contribution in [0.25, 0.3) is 11.3 Å². The molecule has 43 heavy (non-hydrogen) atoms. The fraction of sp³-hybridized carbons (Fsp3) is 0.667. The number of phenolic OH excluding ortho intramolecular Hbond substituents is 1. The number of piperazine rings is 1. The monoisotopic (exact) mass is 589 g/mol. The summed E-state index contributed by atoms with van der Waals surface area (Å²) in [6.45, 7) is 8.85. The van der Waals surface area contributed by atoms with Crippen molar-refractivity contribution in [3.05, 3.63) is 30.3 Å². The summed E-state index contributed by atoms with van der Waals surface area (Å²) < 4.78 is 4.98. The van der Waals surface area contributed by atoms with Crippen LogP contribution in [0.3, 0.4) is 0 Å². The van der Waals surface area contributed by atoms with Gasteiger partial charge in [0.1, 0.15) is 5.75 Å². The van der Waals surface area contributed by atoms with Gasteiger partial charge in [0.05, 0.1) is 30.5 Å². The van der Waals surface area contributed by atoms with Gasteiger partial charge >= 0.3 is 5.97 Å². The minimum Gasteiger partial charge on any atom is -0.507 e. The molecular weight excluding hydrogens is 542 g/mol. The summed E-state index contributed by atoms with van der Waals surface area (Å²) in [5.74, 6) is 1.18. The third-order valence-electron chi connectivity index (χ3n) is 11.1. The van der Waals surface area contributed by atoms with Crippen LogP contribution in [-0.4, -0.2) is 120 Å². The molecule has 1 aromatic carbocycles. The van der Waals surface area contributed by atoms with Gasteiger partial charge in [-0.05, 0) is 95.7 Å². The zero-order valence-electron chi connectivity index (χ0n) is 25.5. The normalized spacial score (nSPS) is 28.1. The highest BCUT2D eigenvalue weighted by atomic mass is 16.5. The lowest BCUT2D eigenvalue weighted by Crippen LogP contribution is -2.61. The summed E-state index contributed by atoms with van der Waals surface area (Å²) in [5.41, 5.74) is 2.53. The number of anilines is 2. The van der Waals surface area contributed by atoms with Gasteiger partial charge in [-0.2, -0.15) is 0 Å². The van der Waals surface area contributed by atoms with Crippen molar-refractivity contribution in [1.29, 1.82) is 0 Å². The van der Waals surface area contributed by atoms with Crippen LogP contribution in [0.2, 0.25) is 0 Å². The van der Waals surface area contributed by atoms with Gasteiger partial charge in [0.15, 0.2) is 5.82 Å². The second-order valence-corrected chi connectivity index (χ2v) is 13.3. The number of benzene rings is 1. The van der Waals surface area contributed by atoms with Crippen LogP contribution < -0.4 is 10.2 Å². The van der Waals surface area contributed by atoms with Crippen molar-refractivity contribution in [2.75, 3.05) is 69.7 Å². The summed E-state index contributed by atoms with van der Waals surface area (Å²) in [6, 6.07) is 11.9. The molecule has 0 bridgehead atoms. The summed E-state index contributed by atoms with van der Waals surface area (Å²) >= 11 is 0. The molecule has 10 heteroatoms. The standard InChI is InChI=1S/C33H47N7O3/c1-43-33(42)23-6-8-24(9-7-23)37-14-10-25(11-15-37)38-16-12-26(13-17-38)39-18-19-40-27(22-39)21-34-32-30(40)20-29(35-36-32)28-4-2-3-5-31(28)41/h2-5,20,23-27,41H,6-19,21-22H2,1H3,(H,34,36)/t23-,24+,27-/m0/s1. The minimum atomic E-state index is -0.0163. The van der Waals surface area contributed by atoms with E-state index in [0.717, 1.165) is 75.0 Å². The number of esters is 1. The fourth-order valence-corrected chi connectivity index (χ4v) is 8.54. The van der Waals surface area contributed by atoms with E-state index in [1.165, 1.54) is 59.0 Å². The van der Waals surface area contributed by atoms with Crippen molar-refractivity contribution >= 4 is 17.5 Å². The second kappa shape index (κ2) is 12.6. The summed E-state index contributed by atoms with van der Waals surface area (Å²) in [4.78, 5) is 22.7. The number of ether oxygens (including phenoxy) is 1. The molecule has 5 aliphatic rings. The molecule has 0 amide bonds. The van der Waals surface area contributed by atoms with Crippen LogP contribution in [-0.2, 0) is 9.53 Å². The summed E-state index contributed by atoms with van der Waals surface area (Å²) in [5, 5.41) is 22.8. The Kier molecular flexibility index (Phi) is 8.42. The van der Waals surface area contributed by atoms with Gasteiger partial charge in [-0.25, -0.2) is 0 Å². The molecule has 232 valence electrons. The minimum absolute atomic E-state index is 0.0163. The van der Waals surface area contributed by atoms with E-state index in [0.29, 0.717) is 23.8 Å². The number of hydrogen-bond donors (Lipinski definition) is 2. The van der Waals surface area contributed by atoms with Crippen LogP contribution in [0, 0.1) is 5.92 Å². The molecule has 0 unspecified atom stereocenters. The Hall–Kier alpha value is -2.95. The smallest absolute Gasteiger partial charge is 0.308 e. The van der Waals surface area contributed by atoms with Gasteiger partial charge in [0.2, 0.25) is 0 Å². The molecule has 5 heterocycles. The first-order valence-electron chi connectivity index (χ1n) is 16.5. The molecular formula is C33H47N7O3. The van der Waals surface area contributed by atoms with Crippen molar-refractivity contribution in [2.24, 2.45) is 5.92 Å². The number of carbonyl (C=O) groups is 1. The average Bonchev–Trinajstić information content (AvgIpc) is 3.08. The average molecular weight is 590 g/mol. The fourth-order valence-electron chi connectivity index (χ4n) is 8.54. The number of carbonyl (C=O) groups excluding carboxylic acids is 1. The lowest BCUT2D eigenvalue weighted by atomic mass is 9.84. The largest absolute Gasteiger partial charge is 0.507 e. The Morgan fingerprint density at radius 1 is 0.814 bits per heavy atom. The topological polar surface area (TPSA) is 97.3 Å². The van der Waals surface area contributed by atoms with Gasteiger partial charge in [-0.3, -0.25) is 9.69 Å². The molecule has 4 aliphatic heterocycles. The number of nitrogens with one attached hydrogen (secondary N) is 1. The molecule has 7 rings (SSSR count). The van der Waals surface area contributed by atoms with E-state index in [1.807, 2.05) is 18.2 Å². The number of aromatic nitrogens is 2. The number of phenols is 1. The number of hydrogen-bond acceptors (Lipinski definition) is 10. The van der Waals surface area contributed by atoms with Crippen LogP contribution in [0.5, 0.6) is 5.75 Å². The van der Waals surface area contributed by atoms with Crippen LogP contribution in [0.15, 0.2) is 30.3 Å². The van der Waals surface area contributed by atoms with Crippen LogP contribution >= 0.6 is 0 Å². The highest BCUT2D eigenvalue weighted by molar-refractivity contribution is 5.76. The van der Waals surface area contributed by atoms with E-state index in [9.17, 15) is 9.90 Å². The van der Waals surface area contributed by atoms with Crippen molar-refractivity contribution in [2.45, 2.75) is 75.5 Å². The molecule has 1 atom stereocenters. The number of methoxy groups -OCH3 is 1. The predicted octanol–water partition coefficient (Wildman–Crippen LogP) is 3.43. The van der Waals surface area contributed by atoms with Crippen LogP contribution in [0.4, 0.5) is 11.5 Å². The molecule has 0 spiro atoms. The number of rotatable bonds is 5. The third-order valence-corrected chi connectivity index (χ3v) is 11.1. The number of para-hydroxylation sites is 1. The lowest BCUT2D eigenvalue weighted by molar-refractivity contribution is -0.147. The first kappa shape index (κ1) is 28.8. The highest BCUT2D eigenvalue weighted by Crippen LogP contribution is 2.37.